The Morgan fingerprint density at radius 2 is 2.35 bits per heavy atom. The van der Waals surface area contributed by atoms with Crippen LogP contribution in [0.3, 0.4) is 0 Å². The maximum Gasteiger partial charge on any atom is 0.108 e. The molecule has 2 rings (SSSR count). The van der Waals surface area contributed by atoms with Crippen molar-refractivity contribution in [3.05, 3.63) is 40.2 Å². The highest BCUT2D eigenvalue weighted by atomic mass is 32.1. The Bertz CT molecular complexity index is 436. The van der Waals surface area contributed by atoms with Crippen molar-refractivity contribution >= 4 is 11.3 Å². The first-order valence-corrected chi connectivity index (χ1v) is 6.91. The lowest BCUT2D eigenvalue weighted by molar-refractivity contribution is 0.487. The third-order valence-electron chi connectivity index (χ3n) is 2.79. The molecular weight excluding hydrogens is 232 g/mol. The van der Waals surface area contributed by atoms with Crippen LogP contribution in [0.25, 0.3) is 0 Å². The molecule has 1 N–H and O–H groups in total. The molecular formula is C13H18N2OS. The van der Waals surface area contributed by atoms with Gasteiger partial charge in [-0.2, -0.15) is 0 Å². The number of nitrogens with one attached hydrogen (secondary N) is 1. The Morgan fingerprint density at radius 1 is 1.47 bits per heavy atom. The summed E-state index contributed by atoms with van der Waals surface area (Å²) in [6, 6.07) is 2.37. The minimum Gasteiger partial charge on any atom is -0.469 e. The van der Waals surface area contributed by atoms with Crippen LogP contribution in [-0.2, 0) is 12.8 Å². The van der Waals surface area contributed by atoms with E-state index < -0.39 is 0 Å². The van der Waals surface area contributed by atoms with Crippen molar-refractivity contribution in [2.24, 2.45) is 0 Å². The van der Waals surface area contributed by atoms with Gasteiger partial charge in [-0.15, -0.1) is 11.3 Å². The first-order valence-electron chi connectivity index (χ1n) is 6.03. The normalized spacial score (nSPS) is 12.8. The van der Waals surface area contributed by atoms with Crippen LogP contribution in [0.5, 0.6) is 0 Å². The van der Waals surface area contributed by atoms with E-state index in [4.69, 9.17) is 4.42 Å². The number of aromatic nitrogens is 1. The van der Waals surface area contributed by atoms with E-state index >= 15 is 0 Å². The molecule has 2 aromatic rings. The SMILES string of the molecule is CCNC(Cc1nccs1)c1ccoc1CC. The number of hydrogen-bond donors (Lipinski definition) is 1. The van der Waals surface area contributed by atoms with E-state index in [9.17, 15) is 0 Å². The van der Waals surface area contributed by atoms with Crippen LogP contribution in [0.4, 0.5) is 0 Å². The van der Waals surface area contributed by atoms with E-state index in [0.29, 0.717) is 6.04 Å². The van der Waals surface area contributed by atoms with Gasteiger partial charge in [-0.3, -0.25) is 0 Å². The van der Waals surface area contributed by atoms with Crippen molar-refractivity contribution in [3.8, 4) is 0 Å². The third kappa shape index (κ3) is 2.96. The smallest absolute Gasteiger partial charge is 0.108 e. The molecule has 0 aromatic carbocycles. The average molecular weight is 250 g/mol. The molecule has 0 aliphatic carbocycles. The van der Waals surface area contributed by atoms with Crippen LogP contribution in [0, 0.1) is 0 Å². The van der Waals surface area contributed by atoms with Gasteiger partial charge < -0.3 is 9.73 Å². The molecule has 0 spiro atoms. The molecule has 1 atom stereocenters. The van der Waals surface area contributed by atoms with Crippen LogP contribution in [0.15, 0.2) is 28.3 Å². The largest absolute Gasteiger partial charge is 0.469 e. The highest BCUT2D eigenvalue weighted by Gasteiger charge is 2.17. The van der Waals surface area contributed by atoms with Crippen LogP contribution >= 0.6 is 11.3 Å². The summed E-state index contributed by atoms with van der Waals surface area (Å²) in [5.74, 6) is 1.08. The summed E-state index contributed by atoms with van der Waals surface area (Å²) < 4.78 is 5.50. The zero-order valence-corrected chi connectivity index (χ0v) is 11.1. The van der Waals surface area contributed by atoms with Crippen LogP contribution in [-0.4, -0.2) is 11.5 Å². The lowest BCUT2D eigenvalue weighted by Gasteiger charge is -2.16. The molecule has 0 saturated heterocycles. The summed E-state index contributed by atoms with van der Waals surface area (Å²) in [7, 11) is 0. The van der Waals surface area contributed by atoms with E-state index in [1.807, 2.05) is 11.6 Å². The zero-order chi connectivity index (χ0) is 12.1. The predicted molar refractivity (Wildman–Crippen MR) is 70.3 cm³/mol. The Balaban J connectivity index is 2.16. The van der Waals surface area contributed by atoms with E-state index in [2.05, 4.69) is 30.2 Å². The first kappa shape index (κ1) is 12.3. The lowest BCUT2D eigenvalue weighted by atomic mass is 10.0. The fourth-order valence-corrected chi connectivity index (χ4v) is 2.68. The summed E-state index contributed by atoms with van der Waals surface area (Å²) in [5.41, 5.74) is 1.27. The van der Waals surface area contributed by atoms with Crippen molar-refractivity contribution in [2.45, 2.75) is 32.7 Å². The molecule has 0 aliphatic heterocycles. The van der Waals surface area contributed by atoms with Crippen molar-refractivity contribution in [1.82, 2.24) is 10.3 Å². The monoisotopic (exact) mass is 250 g/mol. The number of likely N-dealkylation sites (N-methyl/N-ethyl adjacent to an activating group) is 1. The van der Waals surface area contributed by atoms with Crippen molar-refractivity contribution < 1.29 is 4.42 Å². The van der Waals surface area contributed by atoms with Gasteiger partial charge in [0.05, 0.1) is 11.3 Å². The second kappa shape index (κ2) is 5.98. The fraction of sp³-hybridized carbons (Fsp3) is 0.462. The Morgan fingerprint density at radius 3 is 3.00 bits per heavy atom. The lowest BCUT2D eigenvalue weighted by Crippen LogP contribution is -2.23. The summed E-state index contributed by atoms with van der Waals surface area (Å²) in [6.45, 7) is 5.19. The summed E-state index contributed by atoms with van der Waals surface area (Å²) in [6.07, 6.45) is 5.50. The topological polar surface area (TPSA) is 38.1 Å². The van der Waals surface area contributed by atoms with Gasteiger partial charge in [-0.05, 0) is 12.6 Å². The van der Waals surface area contributed by atoms with Crippen molar-refractivity contribution in [1.29, 1.82) is 0 Å². The Hall–Kier alpha value is -1.13. The number of aryl methyl sites for hydroxylation is 1. The van der Waals surface area contributed by atoms with Gasteiger partial charge in [0.1, 0.15) is 5.76 Å². The van der Waals surface area contributed by atoms with Gasteiger partial charge >= 0.3 is 0 Å². The minimum atomic E-state index is 0.305. The molecule has 0 fully saturated rings. The van der Waals surface area contributed by atoms with Gasteiger partial charge in [-0.1, -0.05) is 13.8 Å². The average Bonchev–Trinajstić information content (AvgIpc) is 2.98. The number of thiazole rings is 1. The summed E-state index contributed by atoms with van der Waals surface area (Å²) in [4.78, 5) is 4.35. The molecule has 3 nitrogen and oxygen atoms in total. The molecule has 0 amide bonds. The van der Waals surface area contributed by atoms with Gasteiger partial charge in [-0.25, -0.2) is 4.98 Å². The molecule has 0 radical (unpaired) electrons. The Kier molecular flexibility index (Phi) is 4.34. The van der Waals surface area contributed by atoms with Gasteiger partial charge in [0, 0.05) is 36.0 Å². The van der Waals surface area contributed by atoms with Crippen LogP contribution in [0.1, 0.15) is 36.2 Å². The number of rotatable bonds is 6. The highest BCUT2D eigenvalue weighted by Crippen LogP contribution is 2.24. The second-order valence-electron chi connectivity index (χ2n) is 3.89. The van der Waals surface area contributed by atoms with Crippen LogP contribution in [0.2, 0.25) is 0 Å². The van der Waals surface area contributed by atoms with Crippen molar-refractivity contribution in [2.75, 3.05) is 6.54 Å². The fourth-order valence-electron chi connectivity index (χ4n) is 2.02. The van der Waals surface area contributed by atoms with E-state index in [1.165, 1.54) is 10.6 Å². The molecule has 0 bridgehead atoms. The van der Waals surface area contributed by atoms with Crippen LogP contribution < -0.4 is 5.32 Å². The number of furan rings is 1. The molecule has 2 heterocycles. The molecule has 0 saturated carbocycles. The van der Waals surface area contributed by atoms with Gasteiger partial charge in [0.15, 0.2) is 0 Å². The highest BCUT2D eigenvalue weighted by molar-refractivity contribution is 7.09. The molecule has 1 unspecified atom stereocenters. The standard InChI is InChI=1S/C13H18N2OS/c1-3-12-10(5-7-16-12)11(14-4-2)9-13-15-6-8-17-13/h5-8,11,14H,3-4,9H2,1-2H3. The number of hydrogen-bond acceptors (Lipinski definition) is 4. The summed E-state index contributed by atoms with van der Waals surface area (Å²) >= 11 is 1.71. The molecule has 2 aromatic heterocycles. The maximum absolute atomic E-state index is 5.50. The first-order chi connectivity index (χ1) is 8.35. The van der Waals surface area contributed by atoms with E-state index in [-0.39, 0.29) is 0 Å². The predicted octanol–water partition coefficient (Wildman–Crippen LogP) is 3.19. The molecule has 92 valence electrons. The quantitative estimate of drug-likeness (QED) is 0.855. The van der Waals surface area contributed by atoms with E-state index in [0.717, 1.165) is 25.1 Å². The molecule has 17 heavy (non-hydrogen) atoms. The Labute approximate surface area is 106 Å². The third-order valence-corrected chi connectivity index (χ3v) is 3.59. The molecule has 0 aliphatic rings. The zero-order valence-electron chi connectivity index (χ0n) is 10.3. The maximum atomic E-state index is 5.50. The minimum absolute atomic E-state index is 0.305. The second-order valence-corrected chi connectivity index (χ2v) is 4.87. The van der Waals surface area contributed by atoms with Gasteiger partial charge in [0.25, 0.3) is 0 Å². The van der Waals surface area contributed by atoms with Crippen molar-refractivity contribution in [3.63, 3.8) is 0 Å². The molecule has 4 heteroatoms. The number of nitrogens with zero attached hydrogens (tertiary/aromatic N) is 1. The van der Waals surface area contributed by atoms with E-state index in [1.54, 1.807) is 17.6 Å². The van der Waals surface area contributed by atoms with Gasteiger partial charge in [0.2, 0.25) is 0 Å². The summed E-state index contributed by atoms with van der Waals surface area (Å²) in [5, 5.41) is 6.69.